The van der Waals surface area contributed by atoms with Gasteiger partial charge in [0.2, 0.25) is 10.0 Å². The van der Waals surface area contributed by atoms with Gasteiger partial charge in [0.05, 0.1) is 11.8 Å². The van der Waals surface area contributed by atoms with Gasteiger partial charge >= 0.3 is 7.12 Å². The first-order valence-electron chi connectivity index (χ1n) is 13.6. The minimum absolute atomic E-state index is 0.116. The fourth-order valence-corrected chi connectivity index (χ4v) is 6.49. The van der Waals surface area contributed by atoms with Gasteiger partial charge in [-0.05, 0) is 90.2 Å². The third-order valence-corrected chi connectivity index (χ3v) is 9.18. The molecule has 0 radical (unpaired) electrons. The van der Waals surface area contributed by atoms with Crippen LogP contribution in [0.15, 0.2) is 65.1 Å². The monoisotopic (exact) mass is 576 g/mol. The maximum absolute atomic E-state index is 13.6. The predicted molar refractivity (Wildman–Crippen MR) is 155 cm³/mol. The average molecular weight is 576 g/mol. The molecule has 4 aromatic rings. The number of benzene rings is 3. The number of nitrogens with two attached hydrogens (primary N) is 1. The van der Waals surface area contributed by atoms with Gasteiger partial charge in [-0.25, -0.2) is 12.8 Å². The van der Waals surface area contributed by atoms with Crippen molar-refractivity contribution in [3.63, 3.8) is 0 Å². The summed E-state index contributed by atoms with van der Waals surface area (Å²) in [5, 5.41) is 11.0. The number of carbonyl (C=O) groups is 1. The molecular formula is C30H30BFN2O6S. The zero-order valence-corrected chi connectivity index (χ0v) is 23.4. The molecule has 1 aliphatic heterocycles. The highest BCUT2D eigenvalue weighted by Gasteiger charge is 2.33. The zero-order valence-electron chi connectivity index (χ0n) is 22.5. The van der Waals surface area contributed by atoms with Crippen molar-refractivity contribution in [1.82, 2.24) is 4.31 Å². The van der Waals surface area contributed by atoms with Crippen LogP contribution in [0.25, 0.3) is 22.3 Å². The molecule has 6 rings (SSSR count). The quantitative estimate of drug-likeness (QED) is 0.293. The van der Waals surface area contributed by atoms with Crippen molar-refractivity contribution in [3.8, 4) is 11.3 Å². The number of sulfonamides is 1. The molecule has 0 saturated heterocycles. The van der Waals surface area contributed by atoms with E-state index in [-0.39, 0.29) is 36.4 Å². The molecule has 8 nitrogen and oxygen atoms in total. The first-order valence-corrected chi connectivity index (χ1v) is 15.4. The molecule has 1 unspecified atom stereocenters. The summed E-state index contributed by atoms with van der Waals surface area (Å²) in [6, 6.07) is 16.8. The highest BCUT2D eigenvalue weighted by Crippen LogP contribution is 2.45. The van der Waals surface area contributed by atoms with E-state index in [0.29, 0.717) is 29.4 Å². The lowest BCUT2D eigenvalue weighted by Gasteiger charge is -2.29. The van der Waals surface area contributed by atoms with Gasteiger partial charge in [-0.3, -0.25) is 4.79 Å². The molecule has 1 saturated carbocycles. The molecule has 1 aromatic heterocycles. The topological polar surface area (TPSA) is 123 Å². The Kier molecular flexibility index (Phi) is 7.23. The highest BCUT2D eigenvalue weighted by atomic mass is 32.2. The Balaban J connectivity index is 1.32. The van der Waals surface area contributed by atoms with E-state index < -0.39 is 28.9 Å². The van der Waals surface area contributed by atoms with Gasteiger partial charge in [0.15, 0.2) is 0 Å². The normalized spacial score (nSPS) is 17.3. The zero-order chi connectivity index (χ0) is 28.9. The van der Waals surface area contributed by atoms with E-state index in [1.165, 1.54) is 34.8 Å². The van der Waals surface area contributed by atoms with E-state index in [2.05, 4.69) is 0 Å². The van der Waals surface area contributed by atoms with Crippen molar-refractivity contribution >= 4 is 39.5 Å². The second kappa shape index (κ2) is 10.7. The maximum atomic E-state index is 13.6. The van der Waals surface area contributed by atoms with Crippen LogP contribution in [0, 0.1) is 5.82 Å². The van der Waals surface area contributed by atoms with Crippen LogP contribution < -0.4 is 11.2 Å². The minimum atomic E-state index is -3.60. The molecule has 41 heavy (non-hydrogen) atoms. The van der Waals surface area contributed by atoms with E-state index >= 15 is 0 Å². The summed E-state index contributed by atoms with van der Waals surface area (Å²) in [6.45, 7) is 0.316. The van der Waals surface area contributed by atoms with Crippen molar-refractivity contribution in [3.05, 3.63) is 88.7 Å². The molecule has 1 amide bonds. The fraction of sp³-hybridized carbons (Fsp3) is 0.300. The number of rotatable bonds is 9. The van der Waals surface area contributed by atoms with Gasteiger partial charge in [0.25, 0.3) is 5.91 Å². The molecule has 1 aliphatic carbocycles. The molecular weight excluding hydrogens is 546 g/mol. The first kappa shape index (κ1) is 27.7. The van der Waals surface area contributed by atoms with E-state index in [9.17, 15) is 22.6 Å². The second-order valence-electron chi connectivity index (χ2n) is 10.9. The van der Waals surface area contributed by atoms with E-state index in [1.807, 2.05) is 30.3 Å². The molecule has 3 aromatic carbocycles. The van der Waals surface area contributed by atoms with Crippen molar-refractivity contribution in [2.75, 3.05) is 12.8 Å². The lowest BCUT2D eigenvalue weighted by Crippen LogP contribution is -2.46. The molecule has 3 N–H and O–H groups in total. The molecule has 0 bridgehead atoms. The number of furan rings is 1. The predicted octanol–water partition coefficient (Wildman–Crippen LogP) is 3.70. The smallest absolute Gasteiger partial charge is 0.455 e. The number of hydrogen-bond donors (Lipinski definition) is 2. The summed E-state index contributed by atoms with van der Waals surface area (Å²) in [6.07, 6.45) is 3.74. The van der Waals surface area contributed by atoms with Crippen LogP contribution in [0.4, 0.5) is 4.39 Å². The number of carbonyl (C=O) groups excluding carboxylic acids is 1. The Morgan fingerprint density at radius 1 is 1.15 bits per heavy atom. The number of primary amides is 1. The largest absolute Gasteiger partial charge is 0.491 e. The molecule has 1 atom stereocenters. The Morgan fingerprint density at radius 3 is 2.56 bits per heavy atom. The maximum Gasteiger partial charge on any atom is 0.491 e. The Bertz CT molecular complexity index is 1740. The summed E-state index contributed by atoms with van der Waals surface area (Å²) in [7, 11) is -4.65. The van der Waals surface area contributed by atoms with Crippen molar-refractivity contribution in [1.29, 1.82) is 0 Å². The van der Waals surface area contributed by atoms with Gasteiger partial charge in [0, 0.05) is 30.1 Å². The Labute approximate surface area is 238 Å². The van der Waals surface area contributed by atoms with Crippen LogP contribution >= 0.6 is 0 Å². The van der Waals surface area contributed by atoms with Crippen LogP contribution in [-0.4, -0.2) is 49.7 Å². The fourth-order valence-electron chi connectivity index (χ4n) is 5.68. The van der Waals surface area contributed by atoms with Crippen LogP contribution in [0.1, 0.15) is 52.2 Å². The lowest BCUT2D eigenvalue weighted by atomic mass is 9.72. The van der Waals surface area contributed by atoms with E-state index in [0.717, 1.165) is 35.0 Å². The molecule has 11 heteroatoms. The third kappa shape index (κ3) is 5.67. The molecule has 0 spiro atoms. The van der Waals surface area contributed by atoms with Crippen molar-refractivity contribution in [2.45, 2.75) is 44.2 Å². The van der Waals surface area contributed by atoms with Crippen LogP contribution in [0.2, 0.25) is 0 Å². The number of halogens is 1. The summed E-state index contributed by atoms with van der Waals surface area (Å²) in [5.41, 5.74) is 10.4. The Hall–Kier alpha value is -3.51. The minimum Gasteiger partial charge on any atom is -0.455 e. The van der Waals surface area contributed by atoms with Gasteiger partial charge in [-0.2, -0.15) is 4.31 Å². The second-order valence-corrected chi connectivity index (χ2v) is 12.9. The highest BCUT2D eigenvalue weighted by molar-refractivity contribution is 7.88. The van der Waals surface area contributed by atoms with E-state index in [4.69, 9.17) is 14.8 Å². The average Bonchev–Trinajstić information content (AvgIpc) is 3.70. The molecule has 1 fully saturated rings. The molecule has 2 aliphatic rings. The number of nitrogens with zero attached hydrogens (tertiary/aromatic N) is 1. The number of amides is 1. The number of fused-ring (bicyclic) bond motifs is 2. The van der Waals surface area contributed by atoms with Crippen molar-refractivity contribution < 1.29 is 31.7 Å². The van der Waals surface area contributed by atoms with Gasteiger partial charge in [-0.15, -0.1) is 0 Å². The summed E-state index contributed by atoms with van der Waals surface area (Å²) in [4.78, 5) is 12.5. The SMILES string of the molecule is CS(=O)(=O)N(CCC1Cc2ccccc2B(O)O1)Cc1cc2oc(-c3ccc(F)cc3)c(C(N)=O)c2cc1C1CC1. The van der Waals surface area contributed by atoms with Crippen molar-refractivity contribution in [2.24, 2.45) is 5.73 Å². The van der Waals surface area contributed by atoms with Crippen LogP contribution in [0.5, 0.6) is 0 Å². The van der Waals surface area contributed by atoms with Crippen LogP contribution in [-0.2, 0) is 27.6 Å². The third-order valence-electron chi connectivity index (χ3n) is 7.93. The molecule has 2 heterocycles. The van der Waals surface area contributed by atoms with Crippen LogP contribution in [0.3, 0.4) is 0 Å². The Morgan fingerprint density at radius 2 is 1.88 bits per heavy atom. The van der Waals surface area contributed by atoms with Gasteiger partial charge < -0.3 is 19.8 Å². The van der Waals surface area contributed by atoms with Gasteiger partial charge in [-0.1, -0.05) is 24.3 Å². The molecule has 212 valence electrons. The van der Waals surface area contributed by atoms with Gasteiger partial charge in [0.1, 0.15) is 17.2 Å². The summed E-state index contributed by atoms with van der Waals surface area (Å²) in [5.74, 6) is -0.581. The first-order chi connectivity index (χ1) is 19.6. The summed E-state index contributed by atoms with van der Waals surface area (Å²) >= 11 is 0. The standard InChI is InChI=1S/C30H30BFN2O6S/c1-41(37,38)34(13-12-23-14-20-4-2-3-5-26(20)31(36)40-23)17-21-15-27-25(16-24(21)18-6-7-18)28(30(33)35)29(39-27)19-8-10-22(32)11-9-19/h2-5,8-11,15-16,18,23,36H,6-7,12-14,17H2,1H3,(H2,33,35). The van der Waals surface area contributed by atoms with E-state index in [1.54, 1.807) is 6.07 Å². The summed E-state index contributed by atoms with van der Waals surface area (Å²) < 4.78 is 52.7. The number of hydrogen-bond acceptors (Lipinski definition) is 6. The lowest BCUT2D eigenvalue weighted by molar-refractivity contribution is 0.100.